The largest absolute Gasteiger partial charge is 0.359 e. The first-order valence-corrected chi connectivity index (χ1v) is 9.61. The molecule has 3 aromatic rings. The van der Waals surface area contributed by atoms with Crippen molar-refractivity contribution in [2.45, 2.75) is 6.42 Å². The highest BCUT2D eigenvalue weighted by Crippen LogP contribution is 2.24. The molecule has 10 heteroatoms. The summed E-state index contributed by atoms with van der Waals surface area (Å²) in [5.74, 6) is -0.495. The van der Waals surface area contributed by atoms with Gasteiger partial charge in [-0.2, -0.15) is 0 Å². The number of hydrogen-bond acceptors (Lipinski definition) is 7. The van der Waals surface area contributed by atoms with Crippen LogP contribution in [0.1, 0.15) is 16.2 Å². The van der Waals surface area contributed by atoms with E-state index in [0.29, 0.717) is 21.0 Å². The summed E-state index contributed by atoms with van der Waals surface area (Å²) in [4.78, 5) is 32.1. The van der Waals surface area contributed by atoms with Gasteiger partial charge < -0.3 is 10.6 Å². The fourth-order valence-electron chi connectivity index (χ4n) is 1.98. The molecule has 2 amide bonds. The topological polar surface area (TPSA) is 96.0 Å². The lowest BCUT2D eigenvalue weighted by atomic mass is 10.3. The average Bonchev–Trinajstić information content (AvgIpc) is 3.24. The first kappa shape index (κ1) is 18.3. The van der Waals surface area contributed by atoms with Crippen LogP contribution in [0.2, 0.25) is 5.02 Å². The van der Waals surface area contributed by atoms with Crippen LogP contribution >= 0.6 is 34.3 Å². The SMILES string of the molecule is CNC(=O)Cc1csc(NC(=O)c2csc(Nc3cccc(Cl)c3)n2)n1. The lowest BCUT2D eigenvalue weighted by Gasteiger charge is -2.02. The molecule has 0 aliphatic heterocycles. The van der Waals surface area contributed by atoms with Crippen molar-refractivity contribution < 1.29 is 9.59 Å². The molecule has 0 fully saturated rings. The van der Waals surface area contributed by atoms with Crippen molar-refractivity contribution >= 4 is 62.0 Å². The van der Waals surface area contributed by atoms with Gasteiger partial charge in [-0.15, -0.1) is 22.7 Å². The second-order valence-corrected chi connectivity index (χ2v) is 7.27. The molecule has 3 N–H and O–H groups in total. The van der Waals surface area contributed by atoms with Gasteiger partial charge >= 0.3 is 0 Å². The summed E-state index contributed by atoms with van der Waals surface area (Å²) < 4.78 is 0. The monoisotopic (exact) mass is 407 g/mol. The molecule has 0 aliphatic rings. The molecule has 0 unspecified atom stereocenters. The molecule has 0 spiro atoms. The van der Waals surface area contributed by atoms with Crippen molar-refractivity contribution in [3.63, 3.8) is 0 Å². The van der Waals surface area contributed by atoms with Crippen molar-refractivity contribution in [1.29, 1.82) is 0 Å². The minimum atomic E-state index is -0.360. The van der Waals surface area contributed by atoms with Crippen LogP contribution in [0.4, 0.5) is 16.0 Å². The van der Waals surface area contributed by atoms with Gasteiger partial charge in [0.25, 0.3) is 5.91 Å². The number of nitrogens with zero attached hydrogens (tertiary/aromatic N) is 2. The molecule has 0 saturated heterocycles. The van der Waals surface area contributed by atoms with Gasteiger partial charge in [0.15, 0.2) is 10.3 Å². The summed E-state index contributed by atoms with van der Waals surface area (Å²) >= 11 is 8.52. The highest BCUT2D eigenvalue weighted by Gasteiger charge is 2.14. The van der Waals surface area contributed by atoms with Gasteiger partial charge in [-0.05, 0) is 18.2 Å². The van der Waals surface area contributed by atoms with E-state index in [4.69, 9.17) is 11.6 Å². The number of likely N-dealkylation sites (N-methyl/N-ethyl adjacent to an activating group) is 1. The third-order valence-electron chi connectivity index (χ3n) is 3.21. The quantitative estimate of drug-likeness (QED) is 0.580. The second-order valence-electron chi connectivity index (χ2n) is 5.12. The maximum Gasteiger partial charge on any atom is 0.276 e. The zero-order valence-corrected chi connectivity index (χ0v) is 16.0. The molecule has 7 nitrogen and oxygen atoms in total. The predicted octanol–water partition coefficient (Wildman–Crippen LogP) is 3.54. The van der Waals surface area contributed by atoms with E-state index in [-0.39, 0.29) is 23.9 Å². The summed E-state index contributed by atoms with van der Waals surface area (Å²) in [7, 11) is 1.56. The first-order chi connectivity index (χ1) is 12.5. The van der Waals surface area contributed by atoms with E-state index in [2.05, 4.69) is 25.9 Å². The summed E-state index contributed by atoms with van der Waals surface area (Å²) in [5, 5.41) is 13.3. The molecular formula is C16H14ClN5O2S2. The Morgan fingerprint density at radius 2 is 1.96 bits per heavy atom. The average molecular weight is 408 g/mol. The molecule has 26 heavy (non-hydrogen) atoms. The molecule has 134 valence electrons. The van der Waals surface area contributed by atoms with Crippen LogP contribution in [0.3, 0.4) is 0 Å². The number of nitrogens with one attached hydrogen (secondary N) is 3. The van der Waals surface area contributed by atoms with Crippen LogP contribution in [0.15, 0.2) is 35.0 Å². The lowest BCUT2D eigenvalue weighted by Crippen LogP contribution is -2.20. The molecule has 0 aliphatic carbocycles. The van der Waals surface area contributed by atoms with Gasteiger partial charge in [-0.1, -0.05) is 17.7 Å². The van der Waals surface area contributed by atoms with Crippen molar-refractivity contribution in [1.82, 2.24) is 15.3 Å². The number of rotatable bonds is 6. The Kier molecular flexibility index (Phi) is 5.82. The van der Waals surface area contributed by atoms with E-state index >= 15 is 0 Å². The van der Waals surface area contributed by atoms with E-state index in [0.717, 1.165) is 5.69 Å². The second kappa shape index (κ2) is 8.26. The third kappa shape index (κ3) is 4.78. The lowest BCUT2D eigenvalue weighted by molar-refractivity contribution is -0.120. The van der Waals surface area contributed by atoms with E-state index in [1.165, 1.54) is 22.7 Å². The zero-order valence-electron chi connectivity index (χ0n) is 13.6. The van der Waals surface area contributed by atoms with Crippen LogP contribution < -0.4 is 16.0 Å². The fourth-order valence-corrected chi connectivity index (χ4v) is 3.59. The summed E-state index contributed by atoms with van der Waals surface area (Å²) in [6.07, 6.45) is 0.174. The molecule has 0 atom stereocenters. The Hall–Kier alpha value is -2.49. The van der Waals surface area contributed by atoms with E-state index < -0.39 is 0 Å². The van der Waals surface area contributed by atoms with Gasteiger partial charge in [0.05, 0.1) is 12.1 Å². The standard InChI is InChI=1S/C16H14ClN5O2S2/c1-18-13(23)6-11-7-25-16(20-11)22-14(24)12-8-26-15(21-12)19-10-4-2-3-9(17)5-10/h2-5,7-8H,6H2,1H3,(H,18,23)(H,19,21)(H,20,22,24). The predicted molar refractivity (Wildman–Crippen MR) is 105 cm³/mol. The smallest absolute Gasteiger partial charge is 0.276 e. The Labute approximate surface area is 162 Å². The van der Waals surface area contributed by atoms with Crippen LogP contribution in [-0.4, -0.2) is 28.8 Å². The van der Waals surface area contributed by atoms with Crippen LogP contribution in [0, 0.1) is 0 Å². The van der Waals surface area contributed by atoms with Crippen molar-refractivity contribution in [3.05, 3.63) is 51.4 Å². The van der Waals surface area contributed by atoms with E-state index in [9.17, 15) is 9.59 Å². The summed E-state index contributed by atoms with van der Waals surface area (Å²) in [6, 6.07) is 7.23. The highest BCUT2D eigenvalue weighted by molar-refractivity contribution is 7.14. The maximum absolute atomic E-state index is 12.3. The molecule has 2 heterocycles. The molecular weight excluding hydrogens is 394 g/mol. The maximum atomic E-state index is 12.3. The third-order valence-corrected chi connectivity index (χ3v) is 5.00. The van der Waals surface area contributed by atoms with Crippen molar-refractivity contribution in [2.24, 2.45) is 0 Å². The number of benzene rings is 1. The number of amides is 2. The van der Waals surface area contributed by atoms with Crippen LogP contribution in [-0.2, 0) is 11.2 Å². The Bertz CT molecular complexity index is 940. The molecule has 3 rings (SSSR count). The van der Waals surface area contributed by atoms with Crippen molar-refractivity contribution in [2.75, 3.05) is 17.7 Å². The Morgan fingerprint density at radius 1 is 1.15 bits per heavy atom. The van der Waals surface area contributed by atoms with Gasteiger partial charge in [0.1, 0.15) is 5.69 Å². The summed E-state index contributed by atoms with van der Waals surface area (Å²) in [5.41, 5.74) is 1.67. The number of hydrogen-bond donors (Lipinski definition) is 3. The van der Waals surface area contributed by atoms with E-state index in [1.54, 1.807) is 29.9 Å². The fraction of sp³-hybridized carbons (Fsp3) is 0.125. The molecule has 0 bridgehead atoms. The minimum Gasteiger partial charge on any atom is -0.359 e. The van der Waals surface area contributed by atoms with Crippen LogP contribution in [0.25, 0.3) is 0 Å². The minimum absolute atomic E-state index is 0.135. The number of aromatic nitrogens is 2. The zero-order chi connectivity index (χ0) is 18.5. The first-order valence-electron chi connectivity index (χ1n) is 7.48. The highest BCUT2D eigenvalue weighted by atomic mass is 35.5. The number of carbonyl (C=O) groups is 2. The molecule has 0 radical (unpaired) electrons. The summed E-state index contributed by atoms with van der Waals surface area (Å²) in [6.45, 7) is 0. The number of halogens is 1. The van der Waals surface area contributed by atoms with Gasteiger partial charge in [-0.3, -0.25) is 14.9 Å². The Balaban J connectivity index is 1.62. The number of anilines is 3. The van der Waals surface area contributed by atoms with Gasteiger partial charge in [0.2, 0.25) is 5.91 Å². The number of carbonyl (C=O) groups excluding carboxylic acids is 2. The van der Waals surface area contributed by atoms with Crippen molar-refractivity contribution in [3.8, 4) is 0 Å². The normalized spacial score (nSPS) is 10.4. The number of thiazole rings is 2. The Morgan fingerprint density at radius 3 is 2.73 bits per heavy atom. The molecule has 0 saturated carbocycles. The van der Waals surface area contributed by atoms with Gasteiger partial charge in [0, 0.05) is 28.5 Å². The molecule has 1 aromatic carbocycles. The van der Waals surface area contributed by atoms with Crippen LogP contribution in [0.5, 0.6) is 0 Å². The van der Waals surface area contributed by atoms with Gasteiger partial charge in [-0.25, -0.2) is 9.97 Å². The molecule has 2 aromatic heterocycles. The van der Waals surface area contributed by atoms with E-state index in [1.807, 2.05) is 12.1 Å².